The molecular formula is C21H20N2O7S2. The van der Waals surface area contributed by atoms with Crippen molar-refractivity contribution in [2.24, 2.45) is 0 Å². The molecule has 0 aliphatic heterocycles. The van der Waals surface area contributed by atoms with Gasteiger partial charge in [-0.15, -0.1) is 0 Å². The van der Waals surface area contributed by atoms with Gasteiger partial charge in [-0.3, -0.25) is 0 Å². The maximum absolute atomic E-state index is 12.6. The number of urea groups is 1. The normalized spacial score (nSPS) is 11.4. The minimum Gasteiger partial charge on any atom is -0.383 e. The number of hydrogen-bond donors (Lipinski definition) is 2. The van der Waals surface area contributed by atoms with Crippen molar-refractivity contribution in [1.29, 1.82) is 0 Å². The highest BCUT2D eigenvalue weighted by atomic mass is 32.2. The number of amides is 2. The summed E-state index contributed by atoms with van der Waals surface area (Å²) in [4.78, 5) is 12.4. The smallest absolute Gasteiger partial charge is 0.339 e. The monoisotopic (exact) mass is 476 g/mol. The third kappa shape index (κ3) is 6.46. The molecule has 0 fully saturated rings. The Bertz CT molecular complexity index is 1320. The summed E-state index contributed by atoms with van der Waals surface area (Å²) in [7, 11) is -7.76. The number of nitrogens with one attached hydrogen (secondary N) is 2. The van der Waals surface area contributed by atoms with E-state index in [-0.39, 0.29) is 22.1 Å². The summed E-state index contributed by atoms with van der Waals surface area (Å²) in [5.41, 5.74) is 1.39. The van der Waals surface area contributed by atoms with Crippen LogP contribution in [0.1, 0.15) is 5.56 Å². The number of carbonyl (C=O) groups excluding carboxylic acids is 1. The predicted molar refractivity (Wildman–Crippen MR) is 120 cm³/mol. The molecule has 3 aromatic carbocycles. The maximum Gasteiger partial charge on any atom is 0.339 e. The highest BCUT2D eigenvalue weighted by Gasteiger charge is 2.19. The van der Waals surface area contributed by atoms with Gasteiger partial charge in [0.05, 0.1) is 11.9 Å². The van der Waals surface area contributed by atoms with E-state index in [1.54, 1.807) is 24.3 Å². The number of anilines is 2. The zero-order valence-corrected chi connectivity index (χ0v) is 18.7. The standard InChI is InChI=1S/C21H20N2O7S2/c1-15-7-13-18(14-8-15)32(27,28)30-20-6-4-3-5-19(20)23-21(24)22-16-9-11-17(12-10-16)29-31(2,25)26/h3-14H,1-2H3,(H2,22,23,24). The van der Waals surface area contributed by atoms with Crippen LogP contribution in [0.15, 0.2) is 77.7 Å². The molecule has 32 heavy (non-hydrogen) atoms. The quantitative estimate of drug-likeness (QED) is 0.497. The topological polar surface area (TPSA) is 128 Å². The Labute approximate surface area is 186 Å². The molecule has 2 N–H and O–H groups in total. The van der Waals surface area contributed by atoms with Gasteiger partial charge in [-0.25, -0.2) is 4.79 Å². The average Bonchev–Trinajstić information content (AvgIpc) is 2.70. The second kappa shape index (κ2) is 9.28. The van der Waals surface area contributed by atoms with Gasteiger partial charge in [-0.1, -0.05) is 29.8 Å². The van der Waals surface area contributed by atoms with Crippen LogP contribution in [-0.2, 0) is 20.2 Å². The first-order chi connectivity index (χ1) is 15.0. The van der Waals surface area contributed by atoms with Crippen molar-refractivity contribution < 1.29 is 30.0 Å². The third-order valence-electron chi connectivity index (χ3n) is 4.00. The van der Waals surface area contributed by atoms with E-state index in [0.29, 0.717) is 5.69 Å². The van der Waals surface area contributed by atoms with Gasteiger partial charge in [0.15, 0.2) is 5.75 Å². The van der Waals surface area contributed by atoms with Crippen LogP contribution < -0.4 is 19.0 Å². The van der Waals surface area contributed by atoms with Crippen molar-refractivity contribution in [3.63, 3.8) is 0 Å². The van der Waals surface area contributed by atoms with Crippen LogP contribution in [0, 0.1) is 6.92 Å². The van der Waals surface area contributed by atoms with Gasteiger partial charge >= 0.3 is 26.3 Å². The van der Waals surface area contributed by atoms with Gasteiger partial charge in [-0.05, 0) is 55.5 Å². The molecule has 2 amide bonds. The van der Waals surface area contributed by atoms with Crippen LogP contribution in [0.3, 0.4) is 0 Å². The second-order valence-electron chi connectivity index (χ2n) is 6.74. The minimum absolute atomic E-state index is 0.0150. The molecule has 0 radical (unpaired) electrons. The molecule has 0 atom stereocenters. The van der Waals surface area contributed by atoms with Gasteiger partial charge in [-0.2, -0.15) is 16.8 Å². The summed E-state index contributed by atoms with van der Waals surface area (Å²) >= 11 is 0. The van der Waals surface area contributed by atoms with E-state index in [1.165, 1.54) is 48.5 Å². The average molecular weight is 477 g/mol. The first kappa shape index (κ1) is 23.1. The van der Waals surface area contributed by atoms with Crippen LogP contribution in [-0.4, -0.2) is 29.1 Å². The Kier molecular flexibility index (Phi) is 6.70. The molecule has 0 heterocycles. The Morgan fingerprint density at radius 3 is 2.03 bits per heavy atom. The van der Waals surface area contributed by atoms with Gasteiger partial charge < -0.3 is 19.0 Å². The van der Waals surface area contributed by atoms with E-state index in [4.69, 9.17) is 8.37 Å². The lowest BCUT2D eigenvalue weighted by atomic mass is 10.2. The Morgan fingerprint density at radius 2 is 1.41 bits per heavy atom. The molecule has 0 unspecified atom stereocenters. The molecule has 0 spiro atoms. The maximum atomic E-state index is 12.6. The van der Waals surface area contributed by atoms with E-state index in [0.717, 1.165) is 11.8 Å². The second-order valence-corrected chi connectivity index (χ2v) is 9.86. The van der Waals surface area contributed by atoms with E-state index in [2.05, 4.69) is 10.6 Å². The lowest BCUT2D eigenvalue weighted by molar-refractivity contribution is 0.262. The number of benzene rings is 3. The van der Waals surface area contributed by atoms with E-state index >= 15 is 0 Å². The van der Waals surface area contributed by atoms with Gasteiger partial charge in [0, 0.05) is 5.69 Å². The van der Waals surface area contributed by atoms with Crippen molar-refractivity contribution in [2.75, 3.05) is 16.9 Å². The SMILES string of the molecule is Cc1ccc(S(=O)(=O)Oc2ccccc2NC(=O)Nc2ccc(OS(C)(=O)=O)cc2)cc1. The molecule has 0 aliphatic rings. The number of para-hydroxylation sites is 2. The van der Waals surface area contributed by atoms with Crippen molar-refractivity contribution in [1.82, 2.24) is 0 Å². The first-order valence-electron chi connectivity index (χ1n) is 9.19. The largest absolute Gasteiger partial charge is 0.383 e. The van der Waals surface area contributed by atoms with Crippen LogP contribution in [0.4, 0.5) is 16.2 Å². The fourth-order valence-corrected chi connectivity index (χ4v) is 3.98. The summed E-state index contributed by atoms with van der Waals surface area (Å²) < 4.78 is 57.4. The summed E-state index contributed by atoms with van der Waals surface area (Å²) in [6.45, 7) is 1.83. The summed E-state index contributed by atoms with van der Waals surface area (Å²) in [5, 5.41) is 5.08. The molecular weight excluding hydrogens is 456 g/mol. The highest BCUT2D eigenvalue weighted by molar-refractivity contribution is 7.87. The number of hydrogen-bond acceptors (Lipinski definition) is 7. The zero-order chi connectivity index (χ0) is 23.4. The fourth-order valence-electron chi connectivity index (χ4n) is 2.57. The van der Waals surface area contributed by atoms with E-state index in [9.17, 15) is 21.6 Å². The lowest BCUT2D eigenvalue weighted by Crippen LogP contribution is -2.20. The summed E-state index contributed by atoms with van der Waals surface area (Å²) in [6, 6.07) is 17.3. The summed E-state index contributed by atoms with van der Waals surface area (Å²) in [5.74, 6) is 0.0404. The Morgan fingerprint density at radius 1 is 0.781 bits per heavy atom. The molecule has 0 aliphatic carbocycles. The summed E-state index contributed by atoms with van der Waals surface area (Å²) in [6.07, 6.45) is 0.922. The van der Waals surface area contributed by atoms with Gasteiger partial charge in [0.25, 0.3) is 0 Å². The molecule has 168 valence electrons. The molecule has 0 aromatic heterocycles. The van der Waals surface area contributed by atoms with Crippen molar-refractivity contribution in [2.45, 2.75) is 11.8 Å². The molecule has 11 heteroatoms. The molecule has 3 rings (SSSR count). The highest BCUT2D eigenvalue weighted by Crippen LogP contribution is 2.28. The van der Waals surface area contributed by atoms with Crippen molar-refractivity contribution in [3.8, 4) is 11.5 Å². The molecule has 0 saturated carbocycles. The molecule has 3 aromatic rings. The third-order valence-corrected chi connectivity index (χ3v) is 5.75. The number of rotatable bonds is 7. The molecule has 0 saturated heterocycles. The lowest BCUT2D eigenvalue weighted by Gasteiger charge is -2.13. The Balaban J connectivity index is 1.70. The Hall–Kier alpha value is -3.57. The van der Waals surface area contributed by atoms with Crippen LogP contribution in [0.5, 0.6) is 11.5 Å². The molecule has 9 nitrogen and oxygen atoms in total. The zero-order valence-electron chi connectivity index (χ0n) is 17.1. The van der Waals surface area contributed by atoms with Gasteiger partial charge in [0.2, 0.25) is 0 Å². The number of carbonyl (C=O) groups is 1. The van der Waals surface area contributed by atoms with Crippen molar-refractivity contribution in [3.05, 3.63) is 78.4 Å². The fraction of sp³-hybridized carbons (Fsp3) is 0.0952. The van der Waals surface area contributed by atoms with Crippen LogP contribution >= 0.6 is 0 Å². The van der Waals surface area contributed by atoms with E-state index < -0.39 is 26.3 Å². The minimum atomic E-state index is -4.10. The number of aryl methyl sites for hydroxylation is 1. The van der Waals surface area contributed by atoms with Crippen LogP contribution in [0.25, 0.3) is 0 Å². The van der Waals surface area contributed by atoms with Gasteiger partial charge in [0.1, 0.15) is 10.6 Å². The first-order valence-corrected chi connectivity index (χ1v) is 12.4. The van der Waals surface area contributed by atoms with E-state index in [1.807, 2.05) is 6.92 Å². The predicted octanol–water partition coefficient (Wildman–Crippen LogP) is 3.75. The van der Waals surface area contributed by atoms with Crippen molar-refractivity contribution >= 4 is 37.6 Å². The van der Waals surface area contributed by atoms with Crippen LogP contribution in [0.2, 0.25) is 0 Å². The molecule has 0 bridgehead atoms.